The van der Waals surface area contributed by atoms with Gasteiger partial charge in [-0.1, -0.05) is 0 Å². The van der Waals surface area contributed by atoms with Crippen molar-refractivity contribution in [1.82, 2.24) is 0 Å². The lowest BCUT2D eigenvalue weighted by atomic mass is 10.2. The number of rotatable bonds is 1. The number of thiophene rings is 2. The van der Waals surface area contributed by atoms with Crippen LogP contribution in [0.1, 0.15) is 0 Å². The minimum absolute atomic E-state index is 1.03. The van der Waals surface area contributed by atoms with E-state index in [9.17, 15) is 4.57 Å². The molecule has 0 aliphatic heterocycles. The molecule has 0 aliphatic rings. The van der Waals surface area contributed by atoms with Crippen LogP contribution in [0.2, 0.25) is 0 Å². The first-order valence-corrected chi connectivity index (χ1v) is 9.31. The quantitative estimate of drug-likeness (QED) is 0.598. The van der Waals surface area contributed by atoms with Crippen LogP contribution >= 0.6 is 29.8 Å². The molecule has 0 bridgehead atoms. The molecule has 82 valence electrons. The molecule has 0 radical (unpaired) electrons. The topological polar surface area (TPSA) is 17.1 Å². The Morgan fingerprint density at radius 2 is 1.81 bits per heavy atom. The molecule has 4 heteroatoms. The first-order valence-electron chi connectivity index (χ1n) is 5.01. The molecule has 0 fully saturated rings. The molecule has 0 aliphatic carbocycles. The smallest absolute Gasteiger partial charge is 0.119 e. The highest BCUT2D eigenvalue weighted by molar-refractivity contribution is 7.76. The Morgan fingerprint density at radius 1 is 1.06 bits per heavy atom. The second-order valence-corrected chi connectivity index (χ2v) is 9.76. The molecule has 0 unspecified atom stereocenters. The van der Waals surface area contributed by atoms with Crippen molar-refractivity contribution >= 4 is 54.6 Å². The standard InChI is InChI=1S/C12H11OPS2/c1-14(2,13)12-7-9-8-5-6-15-10(8)3-4-11(9)16-12/h3-7H,1-2H3. The lowest BCUT2D eigenvalue weighted by Crippen LogP contribution is -1.93. The van der Waals surface area contributed by atoms with E-state index in [4.69, 9.17) is 0 Å². The summed E-state index contributed by atoms with van der Waals surface area (Å²) >= 11 is 3.42. The van der Waals surface area contributed by atoms with Crippen molar-refractivity contribution in [2.45, 2.75) is 0 Å². The summed E-state index contributed by atoms with van der Waals surface area (Å²) in [4.78, 5) is 0. The molecule has 0 atom stereocenters. The van der Waals surface area contributed by atoms with Crippen molar-refractivity contribution in [1.29, 1.82) is 0 Å². The Bertz CT molecular complexity index is 717. The second-order valence-electron chi connectivity index (χ2n) is 4.25. The van der Waals surface area contributed by atoms with E-state index in [1.807, 2.05) is 13.3 Å². The molecule has 0 N–H and O–H groups in total. The summed E-state index contributed by atoms with van der Waals surface area (Å²) in [5, 5.41) is 4.65. The normalized spacial score (nSPS) is 12.6. The molecule has 3 rings (SSSR count). The van der Waals surface area contributed by atoms with Crippen molar-refractivity contribution < 1.29 is 4.57 Å². The van der Waals surface area contributed by atoms with E-state index < -0.39 is 7.14 Å². The summed E-state index contributed by atoms with van der Waals surface area (Å²) in [5.41, 5.74) is 0. The van der Waals surface area contributed by atoms with Crippen LogP contribution in [0.25, 0.3) is 20.2 Å². The fourth-order valence-electron chi connectivity index (χ4n) is 1.82. The first kappa shape index (κ1) is 10.5. The Morgan fingerprint density at radius 3 is 2.56 bits per heavy atom. The third-order valence-electron chi connectivity index (χ3n) is 2.65. The van der Waals surface area contributed by atoms with E-state index in [2.05, 4.69) is 29.6 Å². The molecule has 1 nitrogen and oxygen atoms in total. The molecule has 2 heterocycles. The van der Waals surface area contributed by atoms with Gasteiger partial charge >= 0.3 is 0 Å². The fourth-order valence-corrected chi connectivity index (χ4v) is 5.05. The van der Waals surface area contributed by atoms with Crippen LogP contribution in [0.15, 0.2) is 29.6 Å². The Kier molecular flexibility index (Phi) is 2.25. The third kappa shape index (κ3) is 1.55. The highest BCUT2D eigenvalue weighted by atomic mass is 32.1. The zero-order valence-electron chi connectivity index (χ0n) is 9.06. The van der Waals surface area contributed by atoms with Gasteiger partial charge in [-0.05, 0) is 43.0 Å². The molecule has 0 spiro atoms. The monoisotopic (exact) mass is 266 g/mol. The van der Waals surface area contributed by atoms with Crippen LogP contribution in [0.5, 0.6) is 0 Å². The Balaban J connectivity index is 2.43. The second kappa shape index (κ2) is 3.43. The summed E-state index contributed by atoms with van der Waals surface area (Å²) < 4.78 is 15.6. The number of fused-ring (bicyclic) bond motifs is 3. The molecule has 0 amide bonds. The van der Waals surface area contributed by atoms with E-state index in [0.29, 0.717) is 0 Å². The predicted octanol–water partition coefficient (Wildman–Crippen LogP) is 4.36. The summed E-state index contributed by atoms with van der Waals surface area (Å²) in [6.07, 6.45) is 0. The van der Waals surface area contributed by atoms with E-state index in [-0.39, 0.29) is 0 Å². The molecule has 2 aromatic heterocycles. The van der Waals surface area contributed by atoms with Gasteiger partial charge in [0, 0.05) is 20.2 Å². The lowest BCUT2D eigenvalue weighted by Gasteiger charge is -1.99. The van der Waals surface area contributed by atoms with Gasteiger partial charge in [-0.25, -0.2) is 0 Å². The van der Waals surface area contributed by atoms with Gasteiger partial charge in [0.15, 0.2) is 0 Å². The molecule has 1 aromatic carbocycles. The van der Waals surface area contributed by atoms with Gasteiger partial charge in [-0.3, -0.25) is 0 Å². The van der Waals surface area contributed by atoms with Crippen LogP contribution in [0.4, 0.5) is 0 Å². The van der Waals surface area contributed by atoms with E-state index in [1.54, 1.807) is 22.7 Å². The van der Waals surface area contributed by atoms with E-state index in [0.717, 1.165) is 4.62 Å². The Hall–Kier alpha value is -0.630. The molecule has 16 heavy (non-hydrogen) atoms. The van der Waals surface area contributed by atoms with Gasteiger partial charge in [-0.2, -0.15) is 0 Å². The van der Waals surface area contributed by atoms with Gasteiger partial charge < -0.3 is 4.57 Å². The van der Waals surface area contributed by atoms with Gasteiger partial charge in [0.25, 0.3) is 0 Å². The molecular weight excluding hydrogens is 255 g/mol. The number of hydrogen-bond acceptors (Lipinski definition) is 3. The molecule has 3 aromatic rings. The van der Waals surface area contributed by atoms with Crippen molar-refractivity contribution in [2.75, 3.05) is 13.3 Å². The average molecular weight is 266 g/mol. The van der Waals surface area contributed by atoms with Crippen LogP contribution in [0, 0.1) is 0 Å². The van der Waals surface area contributed by atoms with Crippen molar-refractivity contribution in [2.24, 2.45) is 0 Å². The van der Waals surface area contributed by atoms with Gasteiger partial charge in [0.05, 0.1) is 4.62 Å². The van der Waals surface area contributed by atoms with Gasteiger partial charge in [0.2, 0.25) is 0 Å². The zero-order valence-corrected chi connectivity index (χ0v) is 11.6. The van der Waals surface area contributed by atoms with Crippen molar-refractivity contribution in [3.8, 4) is 0 Å². The molecule has 0 saturated carbocycles. The minimum atomic E-state index is -2.13. The van der Waals surface area contributed by atoms with Gasteiger partial charge in [-0.15, -0.1) is 22.7 Å². The fraction of sp³-hybridized carbons (Fsp3) is 0.167. The van der Waals surface area contributed by atoms with Crippen LogP contribution in [-0.2, 0) is 4.57 Å². The lowest BCUT2D eigenvalue weighted by molar-refractivity contribution is 0.588. The summed E-state index contributed by atoms with van der Waals surface area (Å²) in [5.74, 6) is 0. The minimum Gasteiger partial charge on any atom is -0.318 e. The molecular formula is C12H11OPS2. The maximum absolute atomic E-state index is 12.1. The van der Waals surface area contributed by atoms with Gasteiger partial charge in [0.1, 0.15) is 7.14 Å². The SMILES string of the molecule is CP(C)(=O)c1cc2c(ccc3sccc32)s1. The maximum Gasteiger partial charge on any atom is 0.119 e. The van der Waals surface area contributed by atoms with Crippen LogP contribution in [0.3, 0.4) is 0 Å². The molecule has 0 saturated heterocycles. The number of benzene rings is 1. The van der Waals surface area contributed by atoms with Crippen molar-refractivity contribution in [3.63, 3.8) is 0 Å². The summed E-state index contributed by atoms with van der Waals surface area (Å²) in [6, 6.07) is 8.54. The van der Waals surface area contributed by atoms with Crippen LogP contribution in [-0.4, -0.2) is 13.3 Å². The Labute approximate surface area is 102 Å². The zero-order chi connectivity index (χ0) is 11.3. The van der Waals surface area contributed by atoms with E-state index in [1.165, 1.54) is 20.2 Å². The largest absolute Gasteiger partial charge is 0.318 e. The summed E-state index contributed by atoms with van der Waals surface area (Å²) in [6.45, 7) is 3.67. The first-order chi connectivity index (χ1) is 7.55. The maximum atomic E-state index is 12.1. The van der Waals surface area contributed by atoms with Crippen LogP contribution < -0.4 is 4.62 Å². The average Bonchev–Trinajstić information content (AvgIpc) is 2.81. The third-order valence-corrected chi connectivity index (χ3v) is 7.22. The van der Waals surface area contributed by atoms with Crippen molar-refractivity contribution in [3.05, 3.63) is 29.6 Å². The van der Waals surface area contributed by atoms with E-state index >= 15 is 0 Å². The highest BCUT2D eigenvalue weighted by Gasteiger charge is 2.15. The number of hydrogen-bond donors (Lipinski definition) is 0. The summed E-state index contributed by atoms with van der Waals surface area (Å²) in [7, 11) is -2.13. The predicted molar refractivity (Wildman–Crippen MR) is 76.3 cm³/mol. The highest BCUT2D eigenvalue weighted by Crippen LogP contribution is 2.41.